The Bertz CT molecular complexity index is 554. The summed E-state index contributed by atoms with van der Waals surface area (Å²) in [6.45, 7) is 10.2. The van der Waals surface area contributed by atoms with Crippen LogP contribution in [0, 0.1) is 12.8 Å². The molecule has 1 heterocycles. The molecule has 1 fully saturated rings. The SMILES string of the molecule is Cc1cc(SC(C)(C)C)ccc1NC(=O)N1CCCC(CO)C1. The minimum absolute atomic E-state index is 0.0672. The van der Waals surface area contributed by atoms with Crippen LogP contribution in [-0.4, -0.2) is 40.5 Å². The van der Waals surface area contributed by atoms with E-state index >= 15 is 0 Å². The molecular weight excluding hydrogens is 308 g/mol. The number of carbonyl (C=O) groups excluding carboxylic acids is 1. The number of hydrogen-bond donors (Lipinski definition) is 2. The van der Waals surface area contributed by atoms with Crippen LogP contribution in [0.15, 0.2) is 23.1 Å². The first-order valence-electron chi connectivity index (χ1n) is 8.25. The Balaban J connectivity index is 2.01. The Hall–Kier alpha value is -1.20. The zero-order valence-electron chi connectivity index (χ0n) is 14.6. The van der Waals surface area contributed by atoms with Crippen molar-refractivity contribution < 1.29 is 9.90 Å². The zero-order valence-corrected chi connectivity index (χ0v) is 15.4. The highest BCUT2D eigenvalue weighted by molar-refractivity contribution is 8.00. The number of aliphatic hydroxyl groups is 1. The lowest BCUT2D eigenvalue weighted by atomic mass is 9.99. The van der Waals surface area contributed by atoms with Crippen LogP contribution in [0.2, 0.25) is 0 Å². The molecule has 1 aromatic carbocycles. The number of hydrogen-bond acceptors (Lipinski definition) is 3. The molecule has 1 atom stereocenters. The smallest absolute Gasteiger partial charge is 0.321 e. The number of nitrogens with one attached hydrogen (secondary N) is 1. The fourth-order valence-electron chi connectivity index (χ4n) is 2.79. The number of aryl methyl sites for hydroxylation is 1. The normalized spacial score (nSPS) is 18.8. The monoisotopic (exact) mass is 336 g/mol. The Morgan fingerprint density at radius 1 is 1.43 bits per heavy atom. The number of carbonyl (C=O) groups is 1. The highest BCUT2D eigenvalue weighted by Gasteiger charge is 2.23. The molecule has 1 aromatic rings. The predicted molar refractivity (Wildman–Crippen MR) is 97.2 cm³/mol. The molecule has 2 rings (SSSR count). The molecule has 2 amide bonds. The summed E-state index contributed by atoms with van der Waals surface area (Å²) in [7, 11) is 0. The minimum Gasteiger partial charge on any atom is -0.396 e. The van der Waals surface area contributed by atoms with Gasteiger partial charge in [-0.2, -0.15) is 0 Å². The van der Waals surface area contributed by atoms with Gasteiger partial charge < -0.3 is 15.3 Å². The Morgan fingerprint density at radius 3 is 2.78 bits per heavy atom. The Morgan fingerprint density at radius 2 is 2.17 bits per heavy atom. The number of benzene rings is 1. The molecule has 1 saturated heterocycles. The van der Waals surface area contributed by atoms with Crippen LogP contribution in [-0.2, 0) is 0 Å². The quantitative estimate of drug-likeness (QED) is 0.816. The average Bonchev–Trinajstić information content (AvgIpc) is 2.48. The largest absolute Gasteiger partial charge is 0.396 e. The van der Waals surface area contributed by atoms with Gasteiger partial charge in [-0.15, -0.1) is 11.8 Å². The zero-order chi connectivity index (χ0) is 17.0. The van der Waals surface area contributed by atoms with E-state index < -0.39 is 0 Å². The second-order valence-corrected chi connectivity index (χ2v) is 9.16. The van der Waals surface area contributed by atoms with Gasteiger partial charge in [-0.3, -0.25) is 0 Å². The highest BCUT2D eigenvalue weighted by atomic mass is 32.2. The first-order valence-corrected chi connectivity index (χ1v) is 9.06. The summed E-state index contributed by atoms with van der Waals surface area (Å²) in [5.41, 5.74) is 1.93. The number of urea groups is 1. The summed E-state index contributed by atoms with van der Waals surface area (Å²) < 4.78 is 0.171. The maximum atomic E-state index is 12.4. The van der Waals surface area contributed by atoms with Crippen molar-refractivity contribution in [3.63, 3.8) is 0 Å². The van der Waals surface area contributed by atoms with Gasteiger partial charge in [0.1, 0.15) is 0 Å². The lowest BCUT2D eigenvalue weighted by Crippen LogP contribution is -2.43. The van der Waals surface area contributed by atoms with Gasteiger partial charge in [0.05, 0.1) is 0 Å². The second kappa shape index (κ2) is 7.58. The molecule has 2 N–H and O–H groups in total. The molecule has 0 aromatic heterocycles. The predicted octanol–water partition coefficient (Wildman–Crippen LogP) is 4.12. The van der Waals surface area contributed by atoms with Gasteiger partial charge in [0.25, 0.3) is 0 Å². The molecule has 0 saturated carbocycles. The van der Waals surface area contributed by atoms with E-state index in [1.165, 1.54) is 4.90 Å². The fourth-order valence-corrected chi connectivity index (χ4v) is 3.87. The summed E-state index contributed by atoms with van der Waals surface area (Å²) in [4.78, 5) is 15.4. The van der Waals surface area contributed by atoms with Crippen LogP contribution in [0.4, 0.5) is 10.5 Å². The third kappa shape index (κ3) is 5.43. The van der Waals surface area contributed by atoms with E-state index in [1.54, 1.807) is 0 Å². The van der Waals surface area contributed by atoms with E-state index in [1.807, 2.05) is 29.7 Å². The summed E-state index contributed by atoms with van der Waals surface area (Å²) in [6, 6.07) is 6.10. The second-order valence-electron chi connectivity index (χ2n) is 7.26. The van der Waals surface area contributed by atoms with Gasteiger partial charge >= 0.3 is 6.03 Å². The number of likely N-dealkylation sites (tertiary alicyclic amines) is 1. The van der Waals surface area contributed by atoms with Gasteiger partial charge in [0.15, 0.2) is 0 Å². The van der Waals surface area contributed by atoms with Crippen LogP contribution >= 0.6 is 11.8 Å². The van der Waals surface area contributed by atoms with Crippen LogP contribution in [0.5, 0.6) is 0 Å². The molecule has 5 heteroatoms. The van der Waals surface area contributed by atoms with Crippen molar-refractivity contribution in [1.82, 2.24) is 4.90 Å². The molecular formula is C18H28N2O2S. The number of thioether (sulfide) groups is 1. The van der Waals surface area contributed by atoms with Crippen molar-refractivity contribution in [3.05, 3.63) is 23.8 Å². The third-order valence-electron chi connectivity index (χ3n) is 3.93. The standard InChI is InChI=1S/C18H28N2O2S/c1-13-10-15(23-18(2,3)4)7-8-16(13)19-17(22)20-9-5-6-14(11-20)12-21/h7-8,10,14,21H,5-6,9,11-12H2,1-4H3,(H,19,22). The van der Waals surface area contributed by atoms with Crippen molar-refractivity contribution in [2.75, 3.05) is 25.0 Å². The van der Waals surface area contributed by atoms with E-state index in [0.717, 1.165) is 30.6 Å². The van der Waals surface area contributed by atoms with Crippen molar-refractivity contribution in [2.24, 2.45) is 5.92 Å². The molecule has 1 aliphatic heterocycles. The number of aliphatic hydroxyl groups excluding tert-OH is 1. The molecule has 23 heavy (non-hydrogen) atoms. The number of anilines is 1. The third-order valence-corrected chi connectivity index (χ3v) is 5.03. The molecule has 1 unspecified atom stereocenters. The Labute approximate surface area is 143 Å². The van der Waals surface area contributed by atoms with E-state index in [0.29, 0.717) is 6.54 Å². The molecule has 128 valence electrons. The van der Waals surface area contributed by atoms with Crippen molar-refractivity contribution in [2.45, 2.75) is 50.2 Å². The number of rotatable bonds is 3. The van der Waals surface area contributed by atoms with Crippen LogP contribution < -0.4 is 5.32 Å². The molecule has 0 aliphatic carbocycles. The van der Waals surface area contributed by atoms with Gasteiger partial charge in [0, 0.05) is 35.0 Å². The van der Waals surface area contributed by atoms with Crippen molar-refractivity contribution in [3.8, 4) is 0 Å². The van der Waals surface area contributed by atoms with E-state index in [4.69, 9.17) is 0 Å². The van der Waals surface area contributed by atoms with Crippen LogP contribution in [0.25, 0.3) is 0 Å². The van der Waals surface area contributed by atoms with Gasteiger partial charge in [-0.05, 0) is 49.4 Å². The first kappa shape index (κ1) is 18.1. The van der Waals surface area contributed by atoms with E-state index in [9.17, 15) is 9.90 Å². The lowest BCUT2D eigenvalue weighted by Gasteiger charge is -2.32. The van der Waals surface area contributed by atoms with Gasteiger partial charge in [0.2, 0.25) is 0 Å². The summed E-state index contributed by atoms with van der Waals surface area (Å²) in [6.07, 6.45) is 1.96. The molecule has 0 radical (unpaired) electrons. The van der Waals surface area contributed by atoms with Crippen molar-refractivity contribution in [1.29, 1.82) is 0 Å². The van der Waals surface area contributed by atoms with E-state index in [-0.39, 0.29) is 23.3 Å². The van der Waals surface area contributed by atoms with Crippen LogP contribution in [0.3, 0.4) is 0 Å². The lowest BCUT2D eigenvalue weighted by molar-refractivity contribution is 0.136. The topological polar surface area (TPSA) is 52.6 Å². The summed E-state index contributed by atoms with van der Waals surface area (Å²) in [5.74, 6) is 0.209. The molecule has 4 nitrogen and oxygen atoms in total. The van der Waals surface area contributed by atoms with Crippen LogP contribution in [0.1, 0.15) is 39.2 Å². The minimum atomic E-state index is -0.0672. The highest BCUT2D eigenvalue weighted by Crippen LogP contribution is 2.33. The fraction of sp³-hybridized carbons (Fsp3) is 0.611. The number of amides is 2. The maximum absolute atomic E-state index is 12.4. The molecule has 0 spiro atoms. The van der Waals surface area contributed by atoms with Gasteiger partial charge in [-0.1, -0.05) is 20.8 Å². The first-order chi connectivity index (χ1) is 10.8. The number of nitrogens with zero attached hydrogens (tertiary/aromatic N) is 1. The Kier molecular flexibility index (Phi) is 5.98. The average molecular weight is 337 g/mol. The number of piperidine rings is 1. The van der Waals surface area contributed by atoms with Crippen molar-refractivity contribution >= 4 is 23.5 Å². The van der Waals surface area contributed by atoms with E-state index in [2.05, 4.69) is 38.2 Å². The maximum Gasteiger partial charge on any atom is 0.321 e. The molecule has 1 aliphatic rings. The summed E-state index contributed by atoms with van der Waals surface area (Å²) >= 11 is 1.82. The summed E-state index contributed by atoms with van der Waals surface area (Å²) in [5, 5.41) is 12.3. The molecule has 0 bridgehead atoms. The van der Waals surface area contributed by atoms with Gasteiger partial charge in [-0.25, -0.2) is 4.79 Å².